The van der Waals surface area contributed by atoms with Crippen LogP contribution in [0.25, 0.3) is 20.7 Å². The van der Waals surface area contributed by atoms with Gasteiger partial charge in [-0.3, -0.25) is 19.0 Å². The van der Waals surface area contributed by atoms with Crippen LogP contribution in [0.3, 0.4) is 0 Å². The Morgan fingerprint density at radius 2 is 2.03 bits per heavy atom. The van der Waals surface area contributed by atoms with Gasteiger partial charge in [0.25, 0.3) is 11.5 Å². The van der Waals surface area contributed by atoms with E-state index in [1.807, 2.05) is 37.3 Å². The van der Waals surface area contributed by atoms with Crippen molar-refractivity contribution >= 4 is 61.5 Å². The molecule has 0 saturated carbocycles. The standard InChI is InChI=1S/C23H20N4O3S3/c1-3-10-27-22(30)17-13(2)18(14-7-5-4-6-8-14)33-21(17)26-23(27)32-12-16(28)25-20-15(19(24)29)9-11-31-20/h3-9,11H,1,10,12H2,2H3,(H2,24,29)(H,25,28). The molecule has 1 aromatic carbocycles. The smallest absolute Gasteiger partial charge is 0.263 e. The van der Waals surface area contributed by atoms with Gasteiger partial charge >= 0.3 is 0 Å². The van der Waals surface area contributed by atoms with Gasteiger partial charge in [-0.05, 0) is 29.5 Å². The average Bonchev–Trinajstić information content (AvgIpc) is 3.39. The summed E-state index contributed by atoms with van der Waals surface area (Å²) in [7, 11) is 0. The Bertz CT molecular complexity index is 1420. The number of nitrogens with one attached hydrogen (secondary N) is 1. The maximum absolute atomic E-state index is 13.3. The maximum Gasteiger partial charge on any atom is 0.263 e. The summed E-state index contributed by atoms with van der Waals surface area (Å²) in [6, 6.07) is 11.4. The Hall–Kier alpha value is -3.21. The van der Waals surface area contributed by atoms with Crippen molar-refractivity contribution < 1.29 is 9.59 Å². The number of nitrogens with two attached hydrogens (primary N) is 1. The minimum Gasteiger partial charge on any atom is -0.366 e. The number of anilines is 1. The molecular weight excluding hydrogens is 476 g/mol. The van der Waals surface area contributed by atoms with E-state index in [1.165, 1.54) is 27.2 Å². The zero-order valence-corrected chi connectivity index (χ0v) is 20.1. The molecule has 0 aliphatic rings. The molecule has 0 fully saturated rings. The highest BCUT2D eigenvalue weighted by molar-refractivity contribution is 7.99. The van der Waals surface area contributed by atoms with E-state index < -0.39 is 5.91 Å². The maximum atomic E-state index is 13.3. The van der Waals surface area contributed by atoms with Crippen LogP contribution in [0.15, 0.2) is 64.4 Å². The first-order valence-corrected chi connectivity index (χ1v) is 12.6. The lowest BCUT2D eigenvalue weighted by molar-refractivity contribution is -0.113. The summed E-state index contributed by atoms with van der Waals surface area (Å²) in [4.78, 5) is 43.7. The Morgan fingerprint density at radius 3 is 2.73 bits per heavy atom. The number of hydrogen-bond acceptors (Lipinski definition) is 7. The highest BCUT2D eigenvalue weighted by Crippen LogP contribution is 2.36. The third kappa shape index (κ3) is 4.63. The number of allylic oxidation sites excluding steroid dienone is 1. The number of aryl methyl sites for hydroxylation is 1. The summed E-state index contributed by atoms with van der Waals surface area (Å²) >= 11 is 3.84. The van der Waals surface area contributed by atoms with E-state index in [9.17, 15) is 14.4 Å². The first kappa shape index (κ1) is 23.0. The molecule has 4 aromatic rings. The second kappa shape index (κ2) is 9.74. The zero-order valence-electron chi connectivity index (χ0n) is 17.7. The van der Waals surface area contributed by atoms with Crippen LogP contribution in [0, 0.1) is 6.92 Å². The number of nitrogens with zero attached hydrogens (tertiary/aromatic N) is 2. The van der Waals surface area contributed by atoms with Gasteiger partial charge in [0.15, 0.2) is 5.16 Å². The molecule has 3 heterocycles. The number of primary amides is 1. The Labute approximate surface area is 202 Å². The molecule has 0 aliphatic carbocycles. The van der Waals surface area contributed by atoms with Crippen LogP contribution in [0.5, 0.6) is 0 Å². The molecule has 0 atom stereocenters. The molecule has 0 bridgehead atoms. The molecule has 0 saturated heterocycles. The lowest BCUT2D eigenvalue weighted by Gasteiger charge is -2.10. The SMILES string of the molecule is C=CCn1c(SCC(=O)Nc2sccc2C(N)=O)nc2sc(-c3ccccc3)c(C)c2c1=O. The van der Waals surface area contributed by atoms with Crippen LogP contribution in [0.4, 0.5) is 5.00 Å². The highest BCUT2D eigenvalue weighted by Gasteiger charge is 2.20. The third-order valence-corrected chi connectivity index (χ3v) is 7.92. The number of thioether (sulfide) groups is 1. The molecule has 168 valence electrons. The van der Waals surface area contributed by atoms with Crippen molar-refractivity contribution in [1.82, 2.24) is 9.55 Å². The van der Waals surface area contributed by atoms with Gasteiger partial charge in [-0.2, -0.15) is 0 Å². The fraction of sp³-hybridized carbons (Fsp3) is 0.130. The zero-order chi connectivity index (χ0) is 23.5. The molecule has 0 aliphatic heterocycles. The van der Waals surface area contributed by atoms with Crippen molar-refractivity contribution in [3.8, 4) is 10.4 Å². The summed E-state index contributed by atoms with van der Waals surface area (Å²) < 4.78 is 1.53. The Balaban J connectivity index is 1.65. The monoisotopic (exact) mass is 496 g/mol. The molecule has 3 aromatic heterocycles. The van der Waals surface area contributed by atoms with Gasteiger partial charge in [-0.1, -0.05) is 48.2 Å². The van der Waals surface area contributed by atoms with Gasteiger partial charge < -0.3 is 11.1 Å². The van der Waals surface area contributed by atoms with E-state index in [0.29, 0.717) is 20.4 Å². The lowest BCUT2D eigenvalue weighted by atomic mass is 10.1. The Morgan fingerprint density at radius 1 is 1.27 bits per heavy atom. The molecular formula is C23H20N4O3S3. The molecule has 3 N–H and O–H groups in total. The average molecular weight is 497 g/mol. The Kier molecular flexibility index (Phi) is 6.77. The summed E-state index contributed by atoms with van der Waals surface area (Å²) in [5.41, 5.74) is 7.36. The van der Waals surface area contributed by atoms with Gasteiger partial charge in [-0.15, -0.1) is 29.3 Å². The molecule has 10 heteroatoms. The first-order chi connectivity index (χ1) is 15.9. The number of thiophene rings is 2. The predicted octanol–water partition coefficient (Wildman–Crippen LogP) is 4.51. The number of hydrogen-bond donors (Lipinski definition) is 2. The topological polar surface area (TPSA) is 107 Å². The molecule has 0 spiro atoms. The number of fused-ring (bicyclic) bond motifs is 1. The van der Waals surface area contributed by atoms with E-state index in [4.69, 9.17) is 10.7 Å². The normalized spacial score (nSPS) is 10.9. The number of aromatic nitrogens is 2. The lowest BCUT2D eigenvalue weighted by Crippen LogP contribution is -2.24. The fourth-order valence-electron chi connectivity index (χ4n) is 3.36. The van der Waals surface area contributed by atoms with Gasteiger partial charge in [0, 0.05) is 11.4 Å². The summed E-state index contributed by atoms with van der Waals surface area (Å²) in [6.45, 7) is 5.96. The second-order valence-corrected chi connectivity index (χ2v) is 9.92. The van der Waals surface area contributed by atoms with E-state index in [2.05, 4.69) is 11.9 Å². The van der Waals surface area contributed by atoms with Crippen LogP contribution < -0.4 is 16.6 Å². The minimum absolute atomic E-state index is 0.0150. The van der Waals surface area contributed by atoms with Crippen molar-refractivity contribution in [3.05, 3.63) is 75.9 Å². The van der Waals surface area contributed by atoms with Crippen LogP contribution in [-0.4, -0.2) is 27.1 Å². The predicted molar refractivity (Wildman–Crippen MR) is 136 cm³/mol. The van der Waals surface area contributed by atoms with Crippen LogP contribution in [0.1, 0.15) is 15.9 Å². The minimum atomic E-state index is -0.603. The fourth-order valence-corrected chi connectivity index (χ4v) is 6.20. The first-order valence-electron chi connectivity index (χ1n) is 9.91. The largest absolute Gasteiger partial charge is 0.366 e. The number of amides is 2. The van der Waals surface area contributed by atoms with Gasteiger partial charge in [-0.25, -0.2) is 4.98 Å². The summed E-state index contributed by atoms with van der Waals surface area (Å²) in [6.07, 6.45) is 1.63. The van der Waals surface area contributed by atoms with E-state index in [0.717, 1.165) is 27.8 Å². The second-order valence-electron chi connectivity index (χ2n) is 7.07. The number of rotatable bonds is 8. The highest BCUT2D eigenvalue weighted by atomic mass is 32.2. The van der Waals surface area contributed by atoms with Crippen molar-refractivity contribution in [2.45, 2.75) is 18.6 Å². The summed E-state index contributed by atoms with van der Waals surface area (Å²) in [5.74, 6) is -0.911. The summed E-state index contributed by atoms with van der Waals surface area (Å²) in [5, 5.41) is 5.81. The third-order valence-electron chi connectivity index (χ3n) is 4.88. The van der Waals surface area contributed by atoms with Gasteiger partial charge in [0.1, 0.15) is 9.83 Å². The van der Waals surface area contributed by atoms with Crippen LogP contribution in [-0.2, 0) is 11.3 Å². The quantitative estimate of drug-likeness (QED) is 0.212. The van der Waals surface area contributed by atoms with E-state index in [1.54, 1.807) is 17.5 Å². The molecule has 0 unspecified atom stereocenters. The van der Waals surface area contributed by atoms with Crippen LogP contribution >= 0.6 is 34.4 Å². The van der Waals surface area contributed by atoms with Crippen molar-refractivity contribution in [1.29, 1.82) is 0 Å². The molecule has 2 amide bonds. The molecule has 4 rings (SSSR count). The van der Waals surface area contributed by atoms with Crippen molar-refractivity contribution in [3.63, 3.8) is 0 Å². The van der Waals surface area contributed by atoms with Crippen LogP contribution in [0.2, 0.25) is 0 Å². The van der Waals surface area contributed by atoms with Crippen molar-refractivity contribution in [2.24, 2.45) is 5.73 Å². The number of carbonyl (C=O) groups is 2. The number of benzene rings is 1. The number of carbonyl (C=O) groups excluding carboxylic acids is 2. The van der Waals surface area contributed by atoms with Gasteiger partial charge in [0.05, 0.1) is 16.7 Å². The molecule has 33 heavy (non-hydrogen) atoms. The molecule has 7 nitrogen and oxygen atoms in total. The van der Waals surface area contributed by atoms with Gasteiger partial charge in [0.2, 0.25) is 5.91 Å². The van der Waals surface area contributed by atoms with E-state index >= 15 is 0 Å². The van der Waals surface area contributed by atoms with E-state index in [-0.39, 0.29) is 29.3 Å². The van der Waals surface area contributed by atoms with Crippen molar-refractivity contribution in [2.75, 3.05) is 11.1 Å². The molecule has 0 radical (unpaired) electrons.